The van der Waals surface area contributed by atoms with Gasteiger partial charge in [0, 0.05) is 31.1 Å². The molecule has 1 saturated heterocycles. The number of nitrogens with one attached hydrogen (secondary N) is 1. The van der Waals surface area contributed by atoms with E-state index in [0.29, 0.717) is 30.3 Å². The molecule has 5 rings (SSSR count). The molecule has 158 valence electrons. The summed E-state index contributed by atoms with van der Waals surface area (Å²) in [4.78, 5) is 27.1. The molecule has 3 aromatic rings. The maximum Gasteiger partial charge on any atom is 0.278 e. The number of hydrogen-bond acceptors (Lipinski definition) is 4. The number of carbonyl (C=O) groups excluding carboxylic acids is 2. The van der Waals surface area contributed by atoms with Crippen LogP contribution in [0, 0.1) is 0 Å². The van der Waals surface area contributed by atoms with Crippen LogP contribution in [0.1, 0.15) is 59.8 Å². The molecule has 2 amide bonds. The molecular formula is C24H25N5O2. The Hall–Kier alpha value is -3.48. The summed E-state index contributed by atoms with van der Waals surface area (Å²) in [5, 5.41) is 11.5. The summed E-state index contributed by atoms with van der Waals surface area (Å²) in [6, 6.07) is 17.5. The van der Waals surface area contributed by atoms with E-state index >= 15 is 0 Å². The molecule has 1 saturated carbocycles. The van der Waals surface area contributed by atoms with Gasteiger partial charge in [0.15, 0.2) is 5.69 Å². The zero-order valence-electron chi connectivity index (χ0n) is 17.3. The third-order valence-electron chi connectivity index (χ3n) is 5.86. The van der Waals surface area contributed by atoms with Gasteiger partial charge in [-0.15, -0.1) is 5.10 Å². The van der Waals surface area contributed by atoms with E-state index in [-0.39, 0.29) is 11.8 Å². The highest BCUT2D eigenvalue weighted by atomic mass is 16.2. The van der Waals surface area contributed by atoms with Crippen molar-refractivity contribution in [3.8, 4) is 5.69 Å². The Morgan fingerprint density at radius 1 is 1.06 bits per heavy atom. The lowest BCUT2D eigenvalue weighted by atomic mass is 10.1. The van der Waals surface area contributed by atoms with Crippen molar-refractivity contribution in [1.82, 2.24) is 19.9 Å². The summed E-state index contributed by atoms with van der Waals surface area (Å²) in [5.41, 5.74) is 3.86. The predicted molar refractivity (Wildman–Crippen MR) is 117 cm³/mol. The third kappa shape index (κ3) is 4.21. The minimum atomic E-state index is -0.254. The van der Waals surface area contributed by atoms with Crippen molar-refractivity contribution >= 4 is 17.5 Å². The van der Waals surface area contributed by atoms with E-state index in [1.54, 1.807) is 4.68 Å². The highest BCUT2D eigenvalue weighted by molar-refractivity contribution is 6.03. The topological polar surface area (TPSA) is 80.1 Å². The summed E-state index contributed by atoms with van der Waals surface area (Å²) in [6.07, 6.45) is 4.72. The number of piperidine rings is 1. The van der Waals surface area contributed by atoms with Crippen LogP contribution in [0.4, 0.5) is 5.69 Å². The Morgan fingerprint density at radius 2 is 1.90 bits per heavy atom. The molecule has 31 heavy (non-hydrogen) atoms. The van der Waals surface area contributed by atoms with Gasteiger partial charge in [0.25, 0.3) is 5.91 Å². The van der Waals surface area contributed by atoms with Crippen LogP contribution < -0.4 is 5.32 Å². The molecular weight excluding hydrogens is 390 g/mol. The lowest BCUT2D eigenvalue weighted by Gasteiger charge is -2.26. The van der Waals surface area contributed by atoms with E-state index in [4.69, 9.17) is 0 Å². The average Bonchev–Trinajstić information content (AvgIpc) is 3.53. The van der Waals surface area contributed by atoms with E-state index in [0.717, 1.165) is 49.2 Å². The third-order valence-corrected chi connectivity index (χ3v) is 5.86. The standard InChI is InChI=1S/C24H25N5O2/c30-21-11-4-5-14-28(21)16-17-7-6-8-19(15-17)25-24(31)22-23(18-12-13-18)29(27-26-22)20-9-2-1-3-10-20/h1-3,6-10,15,18H,4-5,11-14,16H2,(H,25,31). The fraction of sp³-hybridized carbons (Fsp3) is 0.333. The van der Waals surface area contributed by atoms with Crippen molar-refractivity contribution in [3.63, 3.8) is 0 Å². The summed E-state index contributed by atoms with van der Waals surface area (Å²) in [6.45, 7) is 1.36. The van der Waals surface area contributed by atoms with Crippen LogP contribution in [0.25, 0.3) is 5.69 Å². The summed E-state index contributed by atoms with van der Waals surface area (Å²) in [5.74, 6) is 0.259. The number of anilines is 1. The Balaban J connectivity index is 1.35. The van der Waals surface area contributed by atoms with E-state index in [1.807, 2.05) is 59.5 Å². The first kappa shape index (κ1) is 19.5. The van der Waals surface area contributed by atoms with Crippen LogP contribution in [-0.4, -0.2) is 38.3 Å². The van der Waals surface area contributed by atoms with Crippen molar-refractivity contribution < 1.29 is 9.59 Å². The summed E-state index contributed by atoms with van der Waals surface area (Å²) >= 11 is 0. The van der Waals surface area contributed by atoms with E-state index in [2.05, 4.69) is 15.6 Å². The number of aromatic nitrogens is 3. The first-order valence-corrected chi connectivity index (χ1v) is 10.9. The van der Waals surface area contributed by atoms with Crippen molar-refractivity contribution in [2.75, 3.05) is 11.9 Å². The normalized spacial score (nSPS) is 16.4. The second-order valence-corrected chi connectivity index (χ2v) is 8.27. The minimum Gasteiger partial charge on any atom is -0.338 e. The molecule has 2 aliphatic rings. The predicted octanol–water partition coefficient (Wildman–Crippen LogP) is 3.91. The van der Waals surface area contributed by atoms with E-state index in [1.165, 1.54) is 0 Å². The number of amides is 2. The van der Waals surface area contributed by atoms with Gasteiger partial charge < -0.3 is 10.2 Å². The Morgan fingerprint density at radius 3 is 2.68 bits per heavy atom. The monoisotopic (exact) mass is 415 g/mol. The highest BCUT2D eigenvalue weighted by Crippen LogP contribution is 2.42. The van der Waals surface area contributed by atoms with Gasteiger partial charge in [-0.2, -0.15) is 0 Å². The smallest absolute Gasteiger partial charge is 0.278 e. The largest absolute Gasteiger partial charge is 0.338 e. The van der Waals surface area contributed by atoms with Crippen LogP contribution in [0.3, 0.4) is 0 Å². The van der Waals surface area contributed by atoms with Crippen molar-refractivity contribution in [2.45, 2.75) is 44.6 Å². The molecule has 1 aromatic heterocycles. The van der Waals surface area contributed by atoms with Crippen LogP contribution >= 0.6 is 0 Å². The maximum atomic E-state index is 13.1. The molecule has 7 nitrogen and oxygen atoms in total. The molecule has 2 fully saturated rings. The van der Waals surface area contributed by atoms with Gasteiger partial charge in [-0.25, -0.2) is 4.68 Å². The van der Waals surface area contributed by atoms with Crippen LogP contribution in [-0.2, 0) is 11.3 Å². The van der Waals surface area contributed by atoms with Gasteiger partial charge in [0.2, 0.25) is 5.91 Å². The fourth-order valence-electron chi connectivity index (χ4n) is 4.12. The zero-order chi connectivity index (χ0) is 21.2. The molecule has 1 N–H and O–H groups in total. The van der Waals surface area contributed by atoms with Gasteiger partial charge in [-0.3, -0.25) is 9.59 Å². The SMILES string of the molecule is O=C(Nc1cccc(CN2CCCCC2=O)c1)c1nnn(-c2ccccc2)c1C1CC1. The Labute approximate surface area is 181 Å². The summed E-state index contributed by atoms with van der Waals surface area (Å²) in [7, 11) is 0. The van der Waals surface area contributed by atoms with Gasteiger partial charge in [-0.1, -0.05) is 35.5 Å². The number of likely N-dealkylation sites (tertiary alicyclic amines) is 1. The van der Waals surface area contributed by atoms with Crippen molar-refractivity contribution in [3.05, 3.63) is 71.5 Å². The van der Waals surface area contributed by atoms with Gasteiger partial charge in [0.1, 0.15) is 0 Å². The first-order valence-electron chi connectivity index (χ1n) is 10.9. The number of para-hydroxylation sites is 1. The number of benzene rings is 2. The van der Waals surface area contributed by atoms with Gasteiger partial charge in [0.05, 0.1) is 11.4 Å². The Bertz CT molecular complexity index is 1100. The first-order chi connectivity index (χ1) is 15.2. The molecule has 0 radical (unpaired) electrons. The second kappa shape index (κ2) is 8.34. The highest BCUT2D eigenvalue weighted by Gasteiger charge is 2.34. The van der Waals surface area contributed by atoms with Gasteiger partial charge >= 0.3 is 0 Å². The van der Waals surface area contributed by atoms with E-state index in [9.17, 15) is 9.59 Å². The fourth-order valence-corrected chi connectivity index (χ4v) is 4.12. The number of nitrogens with zero attached hydrogens (tertiary/aromatic N) is 4. The number of hydrogen-bond donors (Lipinski definition) is 1. The van der Waals surface area contributed by atoms with E-state index < -0.39 is 0 Å². The molecule has 0 unspecified atom stereocenters. The van der Waals surface area contributed by atoms with Gasteiger partial charge in [-0.05, 0) is 55.5 Å². The molecule has 7 heteroatoms. The van der Waals surface area contributed by atoms with Crippen LogP contribution in [0.5, 0.6) is 0 Å². The van der Waals surface area contributed by atoms with Crippen molar-refractivity contribution in [1.29, 1.82) is 0 Å². The van der Waals surface area contributed by atoms with Crippen LogP contribution in [0.2, 0.25) is 0 Å². The van der Waals surface area contributed by atoms with Crippen molar-refractivity contribution in [2.24, 2.45) is 0 Å². The number of carbonyl (C=O) groups is 2. The maximum absolute atomic E-state index is 13.1. The zero-order valence-corrected chi connectivity index (χ0v) is 17.3. The molecule has 0 bridgehead atoms. The molecule has 1 aliphatic heterocycles. The quantitative estimate of drug-likeness (QED) is 0.662. The molecule has 2 heterocycles. The summed E-state index contributed by atoms with van der Waals surface area (Å²) < 4.78 is 1.78. The minimum absolute atomic E-state index is 0.201. The Kier molecular flexibility index (Phi) is 5.24. The molecule has 1 aliphatic carbocycles. The second-order valence-electron chi connectivity index (χ2n) is 8.27. The number of rotatable bonds is 6. The molecule has 0 atom stereocenters. The lowest BCUT2D eigenvalue weighted by molar-refractivity contribution is -0.133. The average molecular weight is 415 g/mol. The molecule has 2 aromatic carbocycles. The molecule has 0 spiro atoms. The van der Waals surface area contributed by atoms with Crippen LogP contribution in [0.15, 0.2) is 54.6 Å². The lowest BCUT2D eigenvalue weighted by Crippen LogP contribution is -2.34.